The van der Waals surface area contributed by atoms with Gasteiger partial charge in [-0.1, -0.05) is 11.8 Å². The Morgan fingerprint density at radius 1 is 1.52 bits per heavy atom. The maximum atomic E-state index is 11.8. The second-order valence-corrected chi connectivity index (χ2v) is 5.94. The van der Waals surface area contributed by atoms with E-state index in [0.717, 1.165) is 11.8 Å². The number of amides is 1. The molecule has 1 aromatic heterocycles. The summed E-state index contributed by atoms with van der Waals surface area (Å²) in [5, 5.41) is 21.2. The Bertz CT molecular complexity index is 642. The number of anilines is 1. The topological polar surface area (TPSA) is 116 Å². The third-order valence-electron chi connectivity index (χ3n) is 3.32. The van der Waals surface area contributed by atoms with Crippen LogP contribution in [0.4, 0.5) is 5.82 Å². The van der Waals surface area contributed by atoms with Gasteiger partial charge in [-0.15, -0.1) is 0 Å². The van der Waals surface area contributed by atoms with Crippen molar-refractivity contribution >= 4 is 23.5 Å². The Kier molecular flexibility index (Phi) is 4.66. The molecular formula is C14H15N5OS. The number of rotatable bonds is 5. The van der Waals surface area contributed by atoms with Crippen LogP contribution in [-0.2, 0) is 4.79 Å². The zero-order valence-corrected chi connectivity index (χ0v) is 12.4. The van der Waals surface area contributed by atoms with E-state index in [4.69, 9.17) is 16.3 Å². The van der Waals surface area contributed by atoms with Gasteiger partial charge in [-0.05, 0) is 31.7 Å². The average Bonchev–Trinajstić information content (AvgIpc) is 3.29. The molecule has 0 aliphatic heterocycles. The molecular weight excluding hydrogens is 286 g/mol. The molecule has 6 nitrogen and oxygen atoms in total. The summed E-state index contributed by atoms with van der Waals surface area (Å²) in [7, 11) is 0. The normalized spacial score (nSPS) is 14.8. The highest BCUT2D eigenvalue weighted by Crippen LogP contribution is 2.32. The van der Waals surface area contributed by atoms with Gasteiger partial charge in [0.2, 0.25) is 5.91 Å². The average molecular weight is 301 g/mol. The van der Waals surface area contributed by atoms with Crippen molar-refractivity contribution in [3.05, 3.63) is 17.2 Å². The predicted octanol–water partition coefficient (Wildman–Crippen LogP) is 1.41. The number of hydrogen-bond acceptors (Lipinski definition) is 6. The molecule has 108 valence electrons. The maximum Gasteiger partial charge on any atom is 0.230 e. The van der Waals surface area contributed by atoms with Crippen LogP contribution in [0.3, 0.4) is 0 Å². The van der Waals surface area contributed by atoms with Gasteiger partial charge in [0.15, 0.2) is 0 Å². The van der Waals surface area contributed by atoms with E-state index < -0.39 is 0 Å². The number of nitrogen functional groups attached to an aromatic ring is 1. The third-order valence-corrected chi connectivity index (χ3v) is 4.31. The lowest BCUT2D eigenvalue weighted by Crippen LogP contribution is -2.35. The second kappa shape index (κ2) is 6.47. The molecule has 0 radical (unpaired) electrons. The summed E-state index contributed by atoms with van der Waals surface area (Å²) in [6, 6.07) is 5.43. The van der Waals surface area contributed by atoms with E-state index in [2.05, 4.69) is 10.3 Å². The van der Waals surface area contributed by atoms with Gasteiger partial charge in [-0.2, -0.15) is 10.5 Å². The SMILES string of the molecule is C[C@H](NC(=O)CSc1nc(N)c(C#N)cc1C#N)C1CC1. The molecule has 3 N–H and O–H groups in total. The van der Waals surface area contributed by atoms with Gasteiger partial charge in [-0.25, -0.2) is 4.98 Å². The highest BCUT2D eigenvalue weighted by molar-refractivity contribution is 8.00. The van der Waals surface area contributed by atoms with Crippen molar-refractivity contribution in [1.82, 2.24) is 10.3 Å². The van der Waals surface area contributed by atoms with E-state index in [1.165, 1.54) is 18.9 Å². The fraction of sp³-hybridized carbons (Fsp3) is 0.429. The summed E-state index contributed by atoms with van der Waals surface area (Å²) in [6.45, 7) is 2.00. The van der Waals surface area contributed by atoms with Crippen LogP contribution in [0, 0.1) is 28.6 Å². The number of aromatic nitrogens is 1. The van der Waals surface area contributed by atoms with Crippen LogP contribution in [0.1, 0.15) is 30.9 Å². The molecule has 7 heteroatoms. The minimum absolute atomic E-state index is 0.0748. The van der Waals surface area contributed by atoms with Crippen molar-refractivity contribution < 1.29 is 4.79 Å². The Balaban J connectivity index is 1.99. The van der Waals surface area contributed by atoms with Crippen LogP contribution in [-0.4, -0.2) is 22.7 Å². The molecule has 2 rings (SSSR count). The van der Waals surface area contributed by atoms with E-state index in [9.17, 15) is 4.79 Å². The highest BCUT2D eigenvalue weighted by Gasteiger charge is 2.28. The van der Waals surface area contributed by atoms with E-state index in [0.29, 0.717) is 10.9 Å². The van der Waals surface area contributed by atoms with Gasteiger partial charge in [-0.3, -0.25) is 4.79 Å². The summed E-state index contributed by atoms with van der Waals surface area (Å²) in [6.07, 6.45) is 2.34. The molecule has 0 unspecified atom stereocenters. The molecule has 1 saturated carbocycles. The first-order valence-corrected chi connectivity index (χ1v) is 7.56. The fourth-order valence-corrected chi connectivity index (χ4v) is 2.71. The number of pyridine rings is 1. The minimum Gasteiger partial charge on any atom is -0.383 e. The molecule has 1 fully saturated rings. The molecule has 0 saturated heterocycles. The zero-order valence-electron chi connectivity index (χ0n) is 11.6. The molecule has 1 aliphatic carbocycles. The fourth-order valence-electron chi connectivity index (χ4n) is 1.93. The highest BCUT2D eigenvalue weighted by atomic mass is 32.2. The number of hydrogen-bond donors (Lipinski definition) is 2. The van der Waals surface area contributed by atoms with Crippen molar-refractivity contribution in [3.8, 4) is 12.1 Å². The zero-order chi connectivity index (χ0) is 15.4. The minimum atomic E-state index is -0.0898. The third kappa shape index (κ3) is 3.87. The predicted molar refractivity (Wildman–Crippen MR) is 79.1 cm³/mol. The number of carbonyl (C=O) groups excluding carboxylic acids is 1. The number of carbonyl (C=O) groups is 1. The van der Waals surface area contributed by atoms with Gasteiger partial charge >= 0.3 is 0 Å². The Morgan fingerprint density at radius 2 is 2.19 bits per heavy atom. The van der Waals surface area contributed by atoms with Crippen molar-refractivity contribution in [2.75, 3.05) is 11.5 Å². The smallest absolute Gasteiger partial charge is 0.230 e. The lowest BCUT2D eigenvalue weighted by Gasteiger charge is -2.12. The molecule has 0 spiro atoms. The van der Waals surface area contributed by atoms with E-state index in [-0.39, 0.29) is 34.6 Å². The van der Waals surface area contributed by atoms with Crippen LogP contribution in [0.25, 0.3) is 0 Å². The number of thioether (sulfide) groups is 1. The largest absolute Gasteiger partial charge is 0.383 e. The number of nitrogens with one attached hydrogen (secondary N) is 1. The lowest BCUT2D eigenvalue weighted by molar-refractivity contribution is -0.119. The van der Waals surface area contributed by atoms with Gasteiger partial charge in [0.25, 0.3) is 0 Å². The molecule has 1 aromatic rings. The number of nitrogens with two attached hydrogens (primary N) is 1. The van der Waals surface area contributed by atoms with Gasteiger partial charge in [0.1, 0.15) is 23.0 Å². The summed E-state index contributed by atoms with van der Waals surface area (Å²) < 4.78 is 0. The Labute approximate surface area is 127 Å². The summed E-state index contributed by atoms with van der Waals surface area (Å²) in [5.41, 5.74) is 6.06. The van der Waals surface area contributed by atoms with Gasteiger partial charge in [0.05, 0.1) is 16.9 Å². The van der Waals surface area contributed by atoms with E-state index in [1.807, 2.05) is 19.1 Å². The quantitative estimate of drug-likeness (QED) is 0.794. The summed E-state index contributed by atoms with van der Waals surface area (Å²) >= 11 is 1.15. The Morgan fingerprint density at radius 3 is 2.76 bits per heavy atom. The first kappa shape index (κ1) is 15.1. The standard InChI is InChI=1S/C14H15N5OS/c1-8(9-2-3-9)18-12(20)7-21-14-11(6-16)4-10(5-15)13(17)19-14/h4,8-9H,2-3,7H2,1H3,(H2,17,19)(H,18,20)/t8-/m0/s1. The number of nitriles is 2. The van der Waals surface area contributed by atoms with E-state index in [1.54, 1.807) is 0 Å². The van der Waals surface area contributed by atoms with Crippen molar-refractivity contribution in [3.63, 3.8) is 0 Å². The second-order valence-electron chi connectivity index (χ2n) is 4.98. The summed E-state index contributed by atoms with van der Waals surface area (Å²) in [4.78, 5) is 15.9. The Hall–Kier alpha value is -2.25. The molecule has 0 aromatic carbocycles. The van der Waals surface area contributed by atoms with Crippen LogP contribution >= 0.6 is 11.8 Å². The van der Waals surface area contributed by atoms with Crippen molar-refractivity contribution in [2.45, 2.75) is 30.8 Å². The van der Waals surface area contributed by atoms with Crippen LogP contribution < -0.4 is 11.1 Å². The van der Waals surface area contributed by atoms with Crippen LogP contribution in [0.5, 0.6) is 0 Å². The first-order chi connectivity index (χ1) is 10.0. The van der Waals surface area contributed by atoms with Crippen molar-refractivity contribution in [1.29, 1.82) is 10.5 Å². The number of nitrogens with zero attached hydrogens (tertiary/aromatic N) is 3. The van der Waals surface area contributed by atoms with Crippen LogP contribution in [0.2, 0.25) is 0 Å². The molecule has 1 heterocycles. The molecule has 21 heavy (non-hydrogen) atoms. The monoisotopic (exact) mass is 301 g/mol. The van der Waals surface area contributed by atoms with E-state index >= 15 is 0 Å². The first-order valence-electron chi connectivity index (χ1n) is 6.58. The molecule has 1 atom stereocenters. The lowest BCUT2D eigenvalue weighted by atomic mass is 10.2. The molecule has 1 amide bonds. The molecule has 0 bridgehead atoms. The van der Waals surface area contributed by atoms with Gasteiger partial charge < -0.3 is 11.1 Å². The van der Waals surface area contributed by atoms with Gasteiger partial charge in [0, 0.05) is 6.04 Å². The summed E-state index contributed by atoms with van der Waals surface area (Å²) in [5.74, 6) is 0.750. The molecule has 1 aliphatic rings. The maximum absolute atomic E-state index is 11.8. The van der Waals surface area contributed by atoms with Crippen molar-refractivity contribution in [2.24, 2.45) is 5.92 Å². The van der Waals surface area contributed by atoms with Crippen LogP contribution in [0.15, 0.2) is 11.1 Å².